The summed E-state index contributed by atoms with van der Waals surface area (Å²) in [5.74, 6) is 6.17. The highest BCUT2D eigenvalue weighted by molar-refractivity contribution is 7.15. The van der Waals surface area contributed by atoms with E-state index in [-0.39, 0.29) is 23.5 Å². The molecule has 2 aromatic heterocycles. The van der Waals surface area contributed by atoms with Crippen LogP contribution in [0.2, 0.25) is 0 Å². The molecule has 2 aliphatic rings. The van der Waals surface area contributed by atoms with E-state index in [9.17, 15) is 14.7 Å². The molecule has 2 aromatic rings. The molecule has 1 amide bonds. The minimum absolute atomic E-state index is 0.0684. The lowest BCUT2D eigenvalue weighted by Crippen LogP contribution is -2.31. The lowest BCUT2D eigenvalue weighted by Gasteiger charge is -2.29. The van der Waals surface area contributed by atoms with E-state index in [1.165, 1.54) is 11.3 Å². The average molecular weight is 496 g/mol. The van der Waals surface area contributed by atoms with Crippen molar-refractivity contribution in [3.8, 4) is 17.7 Å². The summed E-state index contributed by atoms with van der Waals surface area (Å²) in [6.45, 7) is 7.51. The van der Waals surface area contributed by atoms with Gasteiger partial charge in [-0.25, -0.2) is 9.78 Å². The minimum Gasteiger partial charge on any atom is -0.477 e. The number of amides is 1. The highest BCUT2D eigenvalue weighted by Crippen LogP contribution is 2.31. The number of likely N-dealkylation sites (tertiary alicyclic amines) is 1. The fourth-order valence-electron chi connectivity index (χ4n) is 4.39. The number of hydrogen-bond donors (Lipinski definition) is 2. The van der Waals surface area contributed by atoms with Crippen LogP contribution in [-0.4, -0.2) is 45.6 Å². The lowest BCUT2D eigenvalue weighted by atomic mass is 9.92. The number of thiophene rings is 1. The Bertz CT molecular complexity index is 1130. The molecule has 0 aromatic carbocycles. The van der Waals surface area contributed by atoms with Crippen LogP contribution < -0.4 is 10.1 Å². The standard InChI is InChI=1S/C27H33N3O4S/c1-27(2,3)12-10-21-16-22(25(35-21)26(32)33)29-19-6-8-20(9-7-19)34-23-15-18(11-13-28-23)17-30-14-4-5-24(30)31/h11,13,15-16,19-20,29H,4-9,14,17H2,1-3H3,(H,32,33). The quantitative estimate of drug-likeness (QED) is 0.516. The summed E-state index contributed by atoms with van der Waals surface area (Å²) >= 11 is 1.22. The Balaban J connectivity index is 1.32. The third-order valence-electron chi connectivity index (χ3n) is 6.15. The van der Waals surface area contributed by atoms with Gasteiger partial charge in [-0.1, -0.05) is 11.8 Å². The highest BCUT2D eigenvalue weighted by Gasteiger charge is 2.25. The van der Waals surface area contributed by atoms with Gasteiger partial charge in [-0.2, -0.15) is 0 Å². The molecule has 7 nitrogen and oxygen atoms in total. The molecule has 0 atom stereocenters. The summed E-state index contributed by atoms with van der Waals surface area (Å²) in [5.41, 5.74) is 1.54. The van der Waals surface area contributed by atoms with Gasteiger partial charge in [-0.05, 0) is 70.6 Å². The number of ether oxygens (including phenoxy) is 1. The van der Waals surface area contributed by atoms with Gasteiger partial charge in [0.1, 0.15) is 11.0 Å². The Morgan fingerprint density at radius 3 is 2.71 bits per heavy atom. The van der Waals surface area contributed by atoms with E-state index in [0.29, 0.717) is 29.4 Å². The van der Waals surface area contributed by atoms with Crippen LogP contribution >= 0.6 is 11.3 Å². The number of carbonyl (C=O) groups is 2. The minimum atomic E-state index is -0.931. The molecule has 2 N–H and O–H groups in total. The van der Waals surface area contributed by atoms with Crippen molar-refractivity contribution in [2.75, 3.05) is 11.9 Å². The van der Waals surface area contributed by atoms with Crippen molar-refractivity contribution in [2.24, 2.45) is 5.41 Å². The Morgan fingerprint density at radius 1 is 1.29 bits per heavy atom. The molecule has 35 heavy (non-hydrogen) atoms. The number of aromatic carboxylic acids is 1. The Kier molecular flexibility index (Phi) is 7.66. The molecule has 2 fully saturated rings. The zero-order valence-corrected chi connectivity index (χ0v) is 21.4. The fourth-order valence-corrected chi connectivity index (χ4v) is 5.20. The molecule has 0 spiro atoms. The lowest BCUT2D eigenvalue weighted by molar-refractivity contribution is -0.128. The summed E-state index contributed by atoms with van der Waals surface area (Å²) in [6.07, 6.45) is 6.84. The van der Waals surface area contributed by atoms with Gasteiger partial charge in [0, 0.05) is 43.2 Å². The van der Waals surface area contributed by atoms with Crippen molar-refractivity contribution >= 4 is 28.9 Å². The maximum atomic E-state index is 11.9. The van der Waals surface area contributed by atoms with E-state index in [1.807, 2.05) is 43.9 Å². The van der Waals surface area contributed by atoms with Gasteiger partial charge in [0.15, 0.2) is 0 Å². The van der Waals surface area contributed by atoms with Crippen molar-refractivity contribution in [2.45, 2.75) is 78.0 Å². The molecule has 0 radical (unpaired) electrons. The molecule has 3 heterocycles. The van der Waals surface area contributed by atoms with Crippen molar-refractivity contribution in [1.82, 2.24) is 9.88 Å². The molecule has 1 saturated heterocycles. The van der Waals surface area contributed by atoms with Gasteiger partial charge in [-0.15, -0.1) is 11.3 Å². The molecule has 8 heteroatoms. The van der Waals surface area contributed by atoms with Crippen LogP contribution in [0.25, 0.3) is 0 Å². The maximum absolute atomic E-state index is 11.9. The fraction of sp³-hybridized carbons (Fsp3) is 0.519. The number of rotatable bonds is 7. The number of carbonyl (C=O) groups excluding carboxylic acids is 1. The van der Waals surface area contributed by atoms with Gasteiger partial charge < -0.3 is 20.1 Å². The van der Waals surface area contributed by atoms with Gasteiger partial charge in [0.2, 0.25) is 11.8 Å². The summed E-state index contributed by atoms with van der Waals surface area (Å²) in [4.78, 5) is 31.0. The van der Waals surface area contributed by atoms with E-state index in [2.05, 4.69) is 22.1 Å². The summed E-state index contributed by atoms with van der Waals surface area (Å²) < 4.78 is 6.16. The average Bonchev–Trinajstić information content (AvgIpc) is 3.39. The number of anilines is 1. The SMILES string of the molecule is CC(C)(C)C#Cc1cc(NC2CCC(Oc3cc(CN4CCCC4=O)ccn3)CC2)c(C(=O)O)s1. The number of carboxylic acids is 1. The van der Waals surface area contributed by atoms with Crippen molar-refractivity contribution in [3.63, 3.8) is 0 Å². The molecule has 1 saturated carbocycles. The van der Waals surface area contributed by atoms with Crippen molar-refractivity contribution in [3.05, 3.63) is 39.7 Å². The molecular formula is C27H33N3O4S. The predicted octanol–water partition coefficient (Wildman–Crippen LogP) is 5.16. The van der Waals surface area contributed by atoms with E-state index >= 15 is 0 Å². The third kappa shape index (κ3) is 6.98. The number of carboxylic acid groups (broad SMARTS) is 1. The van der Waals surface area contributed by atoms with Crippen LogP contribution in [0.5, 0.6) is 5.88 Å². The first-order chi connectivity index (χ1) is 16.7. The number of nitrogens with zero attached hydrogens (tertiary/aromatic N) is 2. The summed E-state index contributed by atoms with van der Waals surface area (Å²) in [7, 11) is 0. The topological polar surface area (TPSA) is 91.8 Å². The molecule has 0 unspecified atom stereocenters. The second-order valence-corrected chi connectivity index (χ2v) is 11.4. The zero-order chi connectivity index (χ0) is 25.0. The largest absolute Gasteiger partial charge is 0.477 e. The molecular weight excluding hydrogens is 462 g/mol. The predicted molar refractivity (Wildman–Crippen MR) is 137 cm³/mol. The van der Waals surface area contributed by atoms with Crippen LogP contribution in [0.1, 0.15) is 79.4 Å². The van der Waals surface area contributed by atoms with Gasteiger partial charge in [0.25, 0.3) is 0 Å². The zero-order valence-electron chi connectivity index (χ0n) is 20.6. The second-order valence-electron chi connectivity index (χ2n) is 10.3. The van der Waals surface area contributed by atoms with Gasteiger partial charge >= 0.3 is 5.97 Å². The number of pyridine rings is 1. The monoisotopic (exact) mass is 495 g/mol. The van der Waals surface area contributed by atoms with Crippen molar-refractivity contribution < 1.29 is 19.4 Å². The van der Waals surface area contributed by atoms with E-state index in [1.54, 1.807) is 6.20 Å². The number of hydrogen-bond acceptors (Lipinski definition) is 6. The van der Waals surface area contributed by atoms with E-state index in [4.69, 9.17) is 4.74 Å². The van der Waals surface area contributed by atoms with E-state index in [0.717, 1.165) is 49.1 Å². The smallest absolute Gasteiger partial charge is 0.348 e. The normalized spacial score (nSPS) is 20.3. The first-order valence-electron chi connectivity index (χ1n) is 12.2. The third-order valence-corrected chi connectivity index (χ3v) is 7.19. The van der Waals surface area contributed by atoms with Crippen LogP contribution in [-0.2, 0) is 11.3 Å². The Morgan fingerprint density at radius 2 is 2.06 bits per heavy atom. The molecule has 1 aliphatic heterocycles. The number of aromatic nitrogens is 1. The molecule has 186 valence electrons. The van der Waals surface area contributed by atoms with E-state index < -0.39 is 5.97 Å². The highest BCUT2D eigenvalue weighted by atomic mass is 32.1. The second kappa shape index (κ2) is 10.7. The number of nitrogens with one attached hydrogen (secondary N) is 1. The van der Waals surface area contributed by atoms with Crippen LogP contribution in [0.4, 0.5) is 5.69 Å². The maximum Gasteiger partial charge on any atom is 0.348 e. The van der Waals surface area contributed by atoms with Crippen molar-refractivity contribution in [1.29, 1.82) is 0 Å². The van der Waals surface area contributed by atoms with Crippen LogP contribution in [0, 0.1) is 17.3 Å². The first kappa shape index (κ1) is 25.1. The molecule has 1 aliphatic carbocycles. The van der Waals surface area contributed by atoms with Gasteiger partial charge in [-0.3, -0.25) is 4.79 Å². The summed E-state index contributed by atoms with van der Waals surface area (Å²) in [5, 5.41) is 13.1. The first-order valence-corrected chi connectivity index (χ1v) is 13.0. The van der Waals surface area contributed by atoms with Crippen LogP contribution in [0.3, 0.4) is 0 Å². The molecule has 4 rings (SSSR count). The summed E-state index contributed by atoms with van der Waals surface area (Å²) in [6, 6.07) is 5.91. The van der Waals surface area contributed by atoms with Crippen LogP contribution in [0.15, 0.2) is 24.4 Å². The Labute approximate surface area is 210 Å². The Hall–Kier alpha value is -3.05. The van der Waals surface area contributed by atoms with Gasteiger partial charge in [0.05, 0.1) is 10.6 Å². The molecule has 0 bridgehead atoms.